The summed E-state index contributed by atoms with van der Waals surface area (Å²) in [5.41, 5.74) is 1.08. The number of benzene rings is 1. The molecule has 0 aliphatic heterocycles. The Hall–Kier alpha value is -2.18. The second kappa shape index (κ2) is 7.59. The van der Waals surface area contributed by atoms with Crippen LogP contribution in [0.2, 0.25) is 0 Å². The van der Waals surface area contributed by atoms with Crippen molar-refractivity contribution in [3.05, 3.63) is 52.2 Å². The molecule has 1 fully saturated rings. The number of thiophene rings is 1. The van der Waals surface area contributed by atoms with Crippen LogP contribution in [0.1, 0.15) is 39.3 Å². The van der Waals surface area contributed by atoms with Gasteiger partial charge in [0.15, 0.2) is 0 Å². The number of amides is 2. The van der Waals surface area contributed by atoms with Crippen molar-refractivity contribution in [1.82, 2.24) is 5.32 Å². The van der Waals surface area contributed by atoms with Gasteiger partial charge in [-0.15, -0.1) is 11.3 Å². The standard InChI is InChI=1S/C18H20N2O3S/c21-15-7-2-5-13(15)11-19-17(22)12-4-1-6-14(10-12)20-18(23)16-8-3-9-24-16/h1,3-4,6,8-10,13,15,21H,2,5,7,11H2,(H,19,22)(H,20,23). The van der Waals surface area contributed by atoms with Gasteiger partial charge in [-0.1, -0.05) is 18.6 Å². The third-order valence-corrected chi connectivity index (χ3v) is 5.14. The summed E-state index contributed by atoms with van der Waals surface area (Å²) in [6.07, 6.45) is 2.44. The molecule has 3 N–H and O–H groups in total. The Morgan fingerprint density at radius 3 is 2.75 bits per heavy atom. The first kappa shape index (κ1) is 16.7. The van der Waals surface area contributed by atoms with Crippen molar-refractivity contribution in [3.63, 3.8) is 0 Å². The summed E-state index contributed by atoms with van der Waals surface area (Å²) in [5.74, 6) is -0.242. The van der Waals surface area contributed by atoms with Crippen LogP contribution < -0.4 is 10.6 Å². The molecule has 5 nitrogen and oxygen atoms in total. The lowest BCUT2D eigenvalue weighted by Gasteiger charge is -2.15. The van der Waals surface area contributed by atoms with Crippen LogP contribution >= 0.6 is 11.3 Å². The summed E-state index contributed by atoms with van der Waals surface area (Å²) in [6, 6.07) is 10.4. The van der Waals surface area contributed by atoms with Gasteiger partial charge in [-0.05, 0) is 42.5 Å². The van der Waals surface area contributed by atoms with E-state index in [0.29, 0.717) is 22.7 Å². The Kier molecular flexibility index (Phi) is 5.27. The number of hydrogen-bond donors (Lipinski definition) is 3. The van der Waals surface area contributed by atoms with Gasteiger partial charge in [-0.25, -0.2) is 0 Å². The van der Waals surface area contributed by atoms with E-state index in [-0.39, 0.29) is 23.8 Å². The van der Waals surface area contributed by atoms with Crippen molar-refractivity contribution in [3.8, 4) is 0 Å². The summed E-state index contributed by atoms with van der Waals surface area (Å²) in [6.45, 7) is 0.478. The van der Waals surface area contributed by atoms with Crippen LogP contribution in [-0.4, -0.2) is 29.6 Å². The summed E-state index contributed by atoms with van der Waals surface area (Å²) >= 11 is 1.37. The number of aliphatic hydroxyl groups is 1. The zero-order chi connectivity index (χ0) is 16.9. The van der Waals surface area contributed by atoms with E-state index >= 15 is 0 Å². The minimum atomic E-state index is -0.318. The molecule has 2 aromatic rings. The first-order chi connectivity index (χ1) is 11.6. The van der Waals surface area contributed by atoms with Crippen LogP contribution in [0.25, 0.3) is 0 Å². The van der Waals surface area contributed by atoms with Crippen LogP contribution in [0.5, 0.6) is 0 Å². The van der Waals surface area contributed by atoms with E-state index in [1.165, 1.54) is 11.3 Å². The van der Waals surface area contributed by atoms with E-state index in [4.69, 9.17) is 0 Å². The quantitative estimate of drug-likeness (QED) is 0.780. The maximum absolute atomic E-state index is 12.3. The lowest BCUT2D eigenvalue weighted by atomic mass is 10.1. The van der Waals surface area contributed by atoms with E-state index in [1.54, 1.807) is 30.3 Å². The molecule has 1 aromatic heterocycles. The van der Waals surface area contributed by atoms with Gasteiger partial charge in [0.25, 0.3) is 11.8 Å². The Morgan fingerprint density at radius 1 is 1.17 bits per heavy atom. The molecule has 0 bridgehead atoms. The van der Waals surface area contributed by atoms with E-state index in [0.717, 1.165) is 19.3 Å². The molecule has 1 aliphatic rings. The minimum Gasteiger partial charge on any atom is -0.393 e. The summed E-state index contributed by atoms with van der Waals surface area (Å²) in [5, 5.41) is 17.3. The fourth-order valence-corrected chi connectivity index (χ4v) is 3.54. The first-order valence-corrected chi connectivity index (χ1v) is 8.92. The highest BCUT2D eigenvalue weighted by molar-refractivity contribution is 7.12. The van der Waals surface area contributed by atoms with Crippen molar-refractivity contribution in [2.75, 3.05) is 11.9 Å². The third kappa shape index (κ3) is 4.01. The average molecular weight is 344 g/mol. The number of hydrogen-bond acceptors (Lipinski definition) is 4. The Bertz CT molecular complexity index is 715. The summed E-state index contributed by atoms with van der Waals surface area (Å²) in [4.78, 5) is 25.0. The molecular weight excluding hydrogens is 324 g/mol. The van der Waals surface area contributed by atoms with Crippen molar-refractivity contribution in [2.45, 2.75) is 25.4 Å². The van der Waals surface area contributed by atoms with Gasteiger partial charge in [0.2, 0.25) is 0 Å². The third-order valence-electron chi connectivity index (χ3n) is 4.27. The van der Waals surface area contributed by atoms with Crippen molar-refractivity contribution >= 4 is 28.8 Å². The fraction of sp³-hybridized carbons (Fsp3) is 0.333. The number of carbonyl (C=O) groups is 2. The Morgan fingerprint density at radius 2 is 2.04 bits per heavy atom. The van der Waals surface area contributed by atoms with E-state index in [1.807, 2.05) is 11.4 Å². The highest BCUT2D eigenvalue weighted by Gasteiger charge is 2.25. The molecule has 3 rings (SSSR count). The van der Waals surface area contributed by atoms with E-state index < -0.39 is 0 Å². The predicted octanol–water partition coefficient (Wildman–Crippen LogP) is 2.89. The van der Waals surface area contributed by atoms with Gasteiger partial charge in [-0.3, -0.25) is 9.59 Å². The van der Waals surface area contributed by atoms with Crippen molar-refractivity contribution in [1.29, 1.82) is 0 Å². The van der Waals surface area contributed by atoms with Crippen molar-refractivity contribution in [2.24, 2.45) is 5.92 Å². The summed E-state index contributed by atoms with van der Waals surface area (Å²) in [7, 11) is 0. The second-order valence-electron chi connectivity index (χ2n) is 5.98. The topological polar surface area (TPSA) is 78.4 Å². The fourth-order valence-electron chi connectivity index (χ4n) is 2.92. The normalized spacial score (nSPS) is 19.9. The average Bonchev–Trinajstić information content (AvgIpc) is 3.24. The first-order valence-electron chi connectivity index (χ1n) is 8.04. The smallest absolute Gasteiger partial charge is 0.265 e. The maximum atomic E-state index is 12.3. The molecule has 6 heteroatoms. The minimum absolute atomic E-state index is 0.135. The molecule has 1 heterocycles. The molecule has 0 radical (unpaired) electrons. The van der Waals surface area contributed by atoms with E-state index in [2.05, 4.69) is 10.6 Å². The van der Waals surface area contributed by atoms with E-state index in [9.17, 15) is 14.7 Å². The Balaban J connectivity index is 1.59. The van der Waals surface area contributed by atoms with Gasteiger partial charge in [0.05, 0.1) is 11.0 Å². The molecule has 2 amide bonds. The van der Waals surface area contributed by atoms with Crippen LogP contribution in [0.4, 0.5) is 5.69 Å². The SMILES string of the molecule is O=C(NCC1CCCC1O)c1cccc(NC(=O)c2cccs2)c1. The molecule has 126 valence electrons. The van der Waals surface area contributed by atoms with Crippen LogP contribution in [0, 0.1) is 5.92 Å². The van der Waals surface area contributed by atoms with Crippen LogP contribution in [0.15, 0.2) is 41.8 Å². The molecule has 1 aromatic carbocycles. The van der Waals surface area contributed by atoms with Crippen LogP contribution in [0.3, 0.4) is 0 Å². The molecule has 2 unspecified atom stereocenters. The molecule has 24 heavy (non-hydrogen) atoms. The number of carbonyl (C=O) groups excluding carboxylic acids is 2. The number of nitrogens with one attached hydrogen (secondary N) is 2. The monoisotopic (exact) mass is 344 g/mol. The molecule has 0 saturated heterocycles. The highest BCUT2D eigenvalue weighted by Crippen LogP contribution is 2.24. The largest absolute Gasteiger partial charge is 0.393 e. The Labute approximate surface area is 144 Å². The summed E-state index contributed by atoms with van der Waals surface area (Å²) < 4.78 is 0. The molecular formula is C18H20N2O3S. The van der Waals surface area contributed by atoms with Gasteiger partial charge in [0.1, 0.15) is 0 Å². The van der Waals surface area contributed by atoms with Gasteiger partial charge < -0.3 is 15.7 Å². The zero-order valence-electron chi connectivity index (χ0n) is 13.2. The lowest BCUT2D eigenvalue weighted by molar-refractivity contribution is 0.0915. The zero-order valence-corrected chi connectivity index (χ0v) is 14.0. The van der Waals surface area contributed by atoms with Crippen molar-refractivity contribution < 1.29 is 14.7 Å². The second-order valence-corrected chi connectivity index (χ2v) is 6.93. The maximum Gasteiger partial charge on any atom is 0.265 e. The lowest BCUT2D eigenvalue weighted by Crippen LogP contribution is -2.32. The molecule has 1 saturated carbocycles. The molecule has 2 atom stereocenters. The van der Waals surface area contributed by atoms with Gasteiger partial charge in [-0.2, -0.15) is 0 Å². The molecule has 1 aliphatic carbocycles. The molecule has 0 spiro atoms. The number of anilines is 1. The van der Waals surface area contributed by atoms with Crippen LogP contribution in [-0.2, 0) is 0 Å². The van der Waals surface area contributed by atoms with Gasteiger partial charge in [0, 0.05) is 23.7 Å². The van der Waals surface area contributed by atoms with Gasteiger partial charge >= 0.3 is 0 Å². The predicted molar refractivity (Wildman–Crippen MR) is 94.4 cm³/mol. The number of rotatable bonds is 5. The highest BCUT2D eigenvalue weighted by atomic mass is 32.1. The number of aliphatic hydroxyl groups excluding tert-OH is 1.